The van der Waals surface area contributed by atoms with Gasteiger partial charge in [0.05, 0.1) is 5.41 Å². The average Bonchev–Trinajstić information content (AvgIpc) is 2.16. The summed E-state index contributed by atoms with van der Waals surface area (Å²) in [4.78, 5) is 11.5. The van der Waals surface area contributed by atoms with Crippen molar-refractivity contribution in [3.8, 4) is 0 Å². The van der Waals surface area contributed by atoms with E-state index in [1.165, 1.54) is 19.3 Å². The standard InChI is InChI=1S/C13H20O2/c1-12(6-5-7-12)10-13(11(14)15)8-3-2-4-9-13/h2-3H,4-10H2,1H3,(H,14,15). The van der Waals surface area contributed by atoms with Crippen molar-refractivity contribution >= 4 is 5.97 Å². The Hall–Kier alpha value is -0.790. The third-order valence-corrected chi connectivity index (χ3v) is 4.24. The van der Waals surface area contributed by atoms with Gasteiger partial charge in [-0.15, -0.1) is 0 Å². The summed E-state index contributed by atoms with van der Waals surface area (Å²) in [6.07, 6.45) is 11.2. The summed E-state index contributed by atoms with van der Waals surface area (Å²) in [5.41, 5.74) is -0.145. The molecule has 84 valence electrons. The molecule has 1 fully saturated rings. The SMILES string of the molecule is CC1(CC2(C(=O)O)CC=CCC2)CCC1. The van der Waals surface area contributed by atoms with Gasteiger partial charge in [0, 0.05) is 0 Å². The number of carbonyl (C=O) groups is 1. The summed E-state index contributed by atoms with van der Waals surface area (Å²) in [7, 11) is 0. The number of rotatable bonds is 3. The molecule has 15 heavy (non-hydrogen) atoms. The molecule has 1 N–H and O–H groups in total. The lowest BCUT2D eigenvalue weighted by Crippen LogP contribution is -2.40. The van der Waals surface area contributed by atoms with Crippen molar-refractivity contribution in [2.24, 2.45) is 10.8 Å². The minimum absolute atomic E-state index is 0.309. The molecule has 0 bridgehead atoms. The Morgan fingerprint density at radius 1 is 1.33 bits per heavy atom. The highest BCUT2D eigenvalue weighted by molar-refractivity contribution is 5.75. The summed E-state index contributed by atoms with van der Waals surface area (Å²) in [6.45, 7) is 2.25. The smallest absolute Gasteiger partial charge is 0.309 e. The van der Waals surface area contributed by atoms with Crippen LogP contribution in [-0.4, -0.2) is 11.1 Å². The normalized spacial score (nSPS) is 33.4. The zero-order valence-corrected chi connectivity index (χ0v) is 9.46. The fourth-order valence-corrected chi connectivity index (χ4v) is 3.09. The Kier molecular flexibility index (Phi) is 2.61. The van der Waals surface area contributed by atoms with Crippen molar-refractivity contribution in [3.63, 3.8) is 0 Å². The minimum atomic E-state index is -0.583. The van der Waals surface area contributed by atoms with Crippen LogP contribution >= 0.6 is 0 Å². The molecular formula is C13H20O2. The summed E-state index contributed by atoms with van der Waals surface area (Å²) >= 11 is 0. The van der Waals surface area contributed by atoms with E-state index in [1.807, 2.05) is 0 Å². The zero-order valence-electron chi connectivity index (χ0n) is 9.46. The molecular weight excluding hydrogens is 188 g/mol. The third kappa shape index (κ3) is 1.95. The number of carboxylic acids is 1. The summed E-state index contributed by atoms with van der Waals surface area (Å²) in [5.74, 6) is -0.583. The topological polar surface area (TPSA) is 37.3 Å². The van der Waals surface area contributed by atoms with Gasteiger partial charge in [-0.3, -0.25) is 4.79 Å². The van der Waals surface area contributed by atoms with Crippen LogP contribution in [-0.2, 0) is 4.79 Å². The van der Waals surface area contributed by atoms with Crippen molar-refractivity contribution in [1.29, 1.82) is 0 Å². The molecule has 2 heteroatoms. The Labute approximate surface area is 91.4 Å². The van der Waals surface area contributed by atoms with Gasteiger partial charge in [0.15, 0.2) is 0 Å². The number of carboxylic acid groups (broad SMARTS) is 1. The molecule has 0 saturated heterocycles. The quantitative estimate of drug-likeness (QED) is 0.722. The van der Waals surface area contributed by atoms with E-state index in [0.29, 0.717) is 5.41 Å². The highest BCUT2D eigenvalue weighted by atomic mass is 16.4. The number of hydrogen-bond acceptors (Lipinski definition) is 1. The first-order chi connectivity index (χ1) is 7.06. The molecule has 2 aliphatic rings. The molecule has 0 aliphatic heterocycles. The van der Waals surface area contributed by atoms with E-state index >= 15 is 0 Å². The van der Waals surface area contributed by atoms with Crippen molar-refractivity contribution in [1.82, 2.24) is 0 Å². The molecule has 2 nitrogen and oxygen atoms in total. The number of hydrogen-bond donors (Lipinski definition) is 1. The van der Waals surface area contributed by atoms with Crippen LogP contribution in [0, 0.1) is 10.8 Å². The Morgan fingerprint density at radius 3 is 2.47 bits per heavy atom. The summed E-state index contributed by atoms with van der Waals surface area (Å²) in [5, 5.41) is 9.44. The van der Waals surface area contributed by atoms with Gasteiger partial charge < -0.3 is 5.11 Å². The van der Waals surface area contributed by atoms with E-state index < -0.39 is 11.4 Å². The van der Waals surface area contributed by atoms with Crippen molar-refractivity contribution in [2.45, 2.75) is 51.9 Å². The van der Waals surface area contributed by atoms with Gasteiger partial charge in [-0.25, -0.2) is 0 Å². The van der Waals surface area contributed by atoms with Crippen LogP contribution < -0.4 is 0 Å². The van der Waals surface area contributed by atoms with Crippen LogP contribution in [0.15, 0.2) is 12.2 Å². The lowest BCUT2D eigenvalue weighted by molar-refractivity contribution is -0.153. The van der Waals surface area contributed by atoms with Gasteiger partial charge in [-0.1, -0.05) is 25.5 Å². The molecule has 1 saturated carbocycles. The molecule has 1 unspecified atom stereocenters. The second kappa shape index (κ2) is 3.66. The first-order valence-corrected chi connectivity index (χ1v) is 5.95. The van der Waals surface area contributed by atoms with E-state index in [1.54, 1.807) is 0 Å². The van der Waals surface area contributed by atoms with Crippen LogP contribution in [0.2, 0.25) is 0 Å². The van der Waals surface area contributed by atoms with Crippen LogP contribution in [0.25, 0.3) is 0 Å². The molecule has 0 spiro atoms. The van der Waals surface area contributed by atoms with E-state index in [4.69, 9.17) is 0 Å². The van der Waals surface area contributed by atoms with E-state index in [0.717, 1.165) is 25.7 Å². The zero-order chi connectivity index (χ0) is 10.9. The van der Waals surface area contributed by atoms with Gasteiger partial charge in [-0.2, -0.15) is 0 Å². The van der Waals surface area contributed by atoms with Crippen LogP contribution in [0.4, 0.5) is 0 Å². The van der Waals surface area contributed by atoms with Crippen molar-refractivity contribution < 1.29 is 9.90 Å². The van der Waals surface area contributed by atoms with E-state index in [2.05, 4.69) is 19.1 Å². The maximum Gasteiger partial charge on any atom is 0.309 e. The van der Waals surface area contributed by atoms with Crippen LogP contribution in [0.3, 0.4) is 0 Å². The number of allylic oxidation sites excluding steroid dienone is 2. The molecule has 0 aromatic rings. The molecule has 0 aromatic heterocycles. The molecule has 0 amide bonds. The predicted molar refractivity (Wildman–Crippen MR) is 59.6 cm³/mol. The Bertz CT molecular complexity index is 289. The maximum absolute atomic E-state index is 11.5. The second-order valence-corrected chi connectivity index (χ2v) is 5.64. The predicted octanol–water partition coefficient (Wildman–Crippen LogP) is 3.38. The van der Waals surface area contributed by atoms with Crippen molar-refractivity contribution in [3.05, 3.63) is 12.2 Å². The lowest BCUT2D eigenvalue weighted by Gasteiger charge is -2.45. The van der Waals surface area contributed by atoms with Gasteiger partial charge in [0.2, 0.25) is 0 Å². The summed E-state index contributed by atoms with van der Waals surface area (Å²) in [6, 6.07) is 0. The second-order valence-electron chi connectivity index (χ2n) is 5.64. The Morgan fingerprint density at radius 2 is 2.07 bits per heavy atom. The average molecular weight is 208 g/mol. The van der Waals surface area contributed by atoms with Crippen LogP contribution in [0.1, 0.15) is 51.9 Å². The van der Waals surface area contributed by atoms with Gasteiger partial charge in [-0.05, 0) is 43.9 Å². The Balaban J connectivity index is 2.12. The first-order valence-electron chi connectivity index (χ1n) is 5.95. The lowest BCUT2D eigenvalue weighted by atomic mass is 9.59. The van der Waals surface area contributed by atoms with Crippen LogP contribution in [0.5, 0.6) is 0 Å². The maximum atomic E-state index is 11.5. The monoisotopic (exact) mass is 208 g/mol. The highest BCUT2D eigenvalue weighted by Gasteiger charge is 2.46. The molecule has 2 rings (SSSR count). The van der Waals surface area contributed by atoms with E-state index in [-0.39, 0.29) is 0 Å². The molecule has 0 radical (unpaired) electrons. The molecule has 1 atom stereocenters. The fraction of sp³-hybridized carbons (Fsp3) is 0.769. The largest absolute Gasteiger partial charge is 0.481 e. The van der Waals surface area contributed by atoms with E-state index in [9.17, 15) is 9.90 Å². The number of aliphatic carboxylic acids is 1. The minimum Gasteiger partial charge on any atom is -0.481 e. The first kappa shape index (κ1) is 10.7. The van der Waals surface area contributed by atoms with Crippen molar-refractivity contribution in [2.75, 3.05) is 0 Å². The molecule has 0 aromatic carbocycles. The highest BCUT2D eigenvalue weighted by Crippen LogP contribution is 2.52. The van der Waals surface area contributed by atoms with Gasteiger partial charge in [0.25, 0.3) is 0 Å². The third-order valence-electron chi connectivity index (χ3n) is 4.24. The van der Waals surface area contributed by atoms with Gasteiger partial charge >= 0.3 is 5.97 Å². The summed E-state index contributed by atoms with van der Waals surface area (Å²) < 4.78 is 0. The fourth-order valence-electron chi connectivity index (χ4n) is 3.09. The molecule has 0 heterocycles. The molecule has 2 aliphatic carbocycles. The van der Waals surface area contributed by atoms with Gasteiger partial charge in [0.1, 0.15) is 0 Å².